The Kier molecular flexibility index (Phi) is 6.00. The summed E-state index contributed by atoms with van der Waals surface area (Å²) < 4.78 is 5.22. The highest BCUT2D eigenvalue weighted by molar-refractivity contribution is 5.89. The molecule has 0 N–H and O–H groups in total. The van der Waals surface area contributed by atoms with E-state index >= 15 is 0 Å². The van der Waals surface area contributed by atoms with Gasteiger partial charge in [0.05, 0.1) is 18.5 Å². The Morgan fingerprint density at radius 1 is 1.28 bits per heavy atom. The Bertz CT molecular complexity index is 776. The first kappa shape index (κ1) is 18.8. The van der Waals surface area contributed by atoms with E-state index in [-0.39, 0.29) is 17.7 Å². The second-order valence-electron chi connectivity index (χ2n) is 6.58. The van der Waals surface area contributed by atoms with Crippen LogP contribution in [0.25, 0.3) is 16.1 Å². The van der Waals surface area contributed by atoms with E-state index < -0.39 is 5.41 Å². The average molecular weight is 337 g/mol. The second-order valence-corrected chi connectivity index (χ2v) is 6.58. The SMILES string of the molecule is [C-]#[N+]c1cncc(-c2ccc(C(C)(C)C(=O)CCC(C)OC)cc2)n1. The largest absolute Gasteiger partial charge is 0.382 e. The Morgan fingerprint density at radius 2 is 1.96 bits per heavy atom. The van der Waals surface area contributed by atoms with Gasteiger partial charge in [-0.2, -0.15) is 0 Å². The standard InChI is InChI=1S/C20H23N3O2/c1-14(25-5)6-11-18(24)20(2,3)16-9-7-15(8-10-16)17-12-22-13-19(21-4)23-17/h7-10,12-14H,6,11H2,1-3,5H3. The van der Waals surface area contributed by atoms with Crippen LogP contribution in [0.2, 0.25) is 0 Å². The third-order valence-corrected chi connectivity index (χ3v) is 4.52. The van der Waals surface area contributed by atoms with Crippen LogP contribution in [-0.2, 0) is 14.9 Å². The molecular formula is C20H23N3O2. The summed E-state index contributed by atoms with van der Waals surface area (Å²) in [5, 5.41) is 0. The second kappa shape index (κ2) is 8.00. The maximum atomic E-state index is 12.6. The van der Waals surface area contributed by atoms with Gasteiger partial charge in [-0.1, -0.05) is 30.8 Å². The molecule has 0 fully saturated rings. The van der Waals surface area contributed by atoms with Gasteiger partial charge < -0.3 is 9.58 Å². The lowest BCUT2D eigenvalue weighted by Gasteiger charge is -2.24. The number of Topliss-reactive ketones (excluding diaryl/α,β-unsaturated/α-hetero) is 1. The lowest BCUT2D eigenvalue weighted by atomic mass is 9.78. The van der Waals surface area contributed by atoms with Crippen molar-refractivity contribution in [2.24, 2.45) is 0 Å². The highest BCUT2D eigenvalue weighted by atomic mass is 16.5. The Balaban J connectivity index is 2.17. The number of nitrogens with zero attached hydrogens (tertiary/aromatic N) is 3. The van der Waals surface area contributed by atoms with E-state index in [1.807, 2.05) is 45.0 Å². The summed E-state index contributed by atoms with van der Waals surface area (Å²) in [4.78, 5) is 24.2. The monoisotopic (exact) mass is 337 g/mol. The molecule has 0 spiro atoms. The molecule has 5 nitrogen and oxygen atoms in total. The van der Waals surface area contributed by atoms with Crippen molar-refractivity contribution >= 4 is 11.6 Å². The molecule has 0 bridgehead atoms. The quantitative estimate of drug-likeness (QED) is 0.705. The van der Waals surface area contributed by atoms with Crippen molar-refractivity contribution in [1.29, 1.82) is 0 Å². The number of methoxy groups -OCH3 is 1. The maximum absolute atomic E-state index is 12.6. The summed E-state index contributed by atoms with van der Waals surface area (Å²) in [6.07, 6.45) is 4.35. The fraction of sp³-hybridized carbons (Fsp3) is 0.400. The van der Waals surface area contributed by atoms with Gasteiger partial charge in [0.1, 0.15) is 5.78 Å². The molecule has 0 aliphatic heterocycles. The predicted octanol–water partition coefficient (Wildman–Crippen LogP) is 4.36. The Hall–Kier alpha value is -2.58. The van der Waals surface area contributed by atoms with Crippen molar-refractivity contribution in [1.82, 2.24) is 9.97 Å². The molecule has 130 valence electrons. The van der Waals surface area contributed by atoms with Crippen molar-refractivity contribution in [3.63, 3.8) is 0 Å². The highest BCUT2D eigenvalue weighted by Gasteiger charge is 2.29. The minimum Gasteiger partial charge on any atom is -0.382 e. The van der Waals surface area contributed by atoms with E-state index in [2.05, 4.69) is 14.8 Å². The number of hydrogen-bond acceptors (Lipinski definition) is 4. The van der Waals surface area contributed by atoms with Crippen molar-refractivity contribution in [3.05, 3.63) is 53.6 Å². The van der Waals surface area contributed by atoms with Gasteiger partial charge in [0.15, 0.2) is 5.69 Å². The number of ketones is 1. The molecule has 1 aromatic heterocycles. The van der Waals surface area contributed by atoms with Gasteiger partial charge in [-0.05, 0) is 32.8 Å². The van der Waals surface area contributed by atoms with Gasteiger partial charge in [0, 0.05) is 24.5 Å². The first-order valence-electron chi connectivity index (χ1n) is 8.25. The molecule has 0 amide bonds. The molecule has 0 saturated carbocycles. The average Bonchev–Trinajstić information content (AvgIpc) is 2.65. The topological polar surface area (TPSA) is 56.4 Å². The summed E-state index contributed by atoms with van der Waals surface area (Å²) in [5.41, 5.74) is 1.92. The van der Waals surface area contributed by atoms with E-state index in [0.29, 0.717) is 12.1 Å². The van der Waals surface area contributed by atoms with Crippen LogP contribution in [-0.4, -0.2) is 29.0 Å². The number of benzene rings is 1. The minimum atomic E-state index is -0.559. The molecule has 0 radical (unpaired) electrons. The lowest BCUT2D eigenvalue weighted by molar-refractivity contribution is -0.124. The molecule has 5 heteroatoms. The smallest absolute Gasteiger partial charge is 0.288 e. The lowest BCUT2D eigenvalue weighted by Crippen LogP contribution is -2.29. The fourth-order valence-electron chi connectivity index (χ4n) is 2.53. The van der Waals surface area contributed by atoms with Crippen molar-refractivity contribution in [2.75, 3.05) is 7.11 Å². The third kappa shape index (κ3) is 4.49. The first-order valence-corrected chi connectivity index (χ1v) is 8.25. The number of carbonyl (C=O) groups is 1. The van der Waals surface area contributed by atoms with Crippen LogP contribution in [0.15, 0.2) is 36.7 Å². The highest BCUT2D eigenvalue weighted by Crippen LogP contribution is 2.29. The van der Waals surface area contributed by atoms with Crippen LogP contribution < -0.4 is 0 Å². The Morgan fingerprint density at radius 3 is 2.56 bits per heavy atom. The van der Waals surface area contributed by atoms with Gasteiger partial charge in [-0.25, -0.2) is 0 Å². The molecule has 2 aromatic rings. The third-order valence-electron chi connectivity index (χ3n) is 4.52. The predicted molar refractivity (Wildman–Crippen MR) is 97.5 cm³/mol. The molecule has 1 aromatic carbocycles. The van der Waals surface area contributed by atoms with Crippen LogP contribution in [0.3, 0.4) is 0 Å². The van der Waals surface area contributed by atoms with Crippen molar-refractivity contribution < 1.29 is 9.53 Å². The van der Waals surface area contributed by atoms with Crippen LogP contribution in [0.1, 0.15) is 39.2 Å². The molecule has 1 unspecified atom stereocenters. The van der Waals surface area contributed by atoms with Gasteiger partial charge in [0.25, 0.3) is 5.82 Å². The van der Waals surface area contributed by atoms with Gasteiger partial charge in [-0.15, -0.1) is 4.98 Å². The summed E-state index contributed by atoms with van der Waals surface area (Å²) >= 11 is 0. The number of ether oxygens (including phenoxy) is 1. The zero-order valence-corrected chi connectivity index (χ0v) is 15.1. The van der Waals surface area contributed by atoms with E-state index in [0.717, 1.165) is 17.5 Å². The van der Waals surface area contributed by atoms with E-state index in [1.165, 1.54) is 6.20 Å². The molecule has 0 aliphatic rings. The fourth-order valence-corrected chi connectivity index (χ4v) is 2.53. The maximum Gasteiger partial charge on any atom is 0.288 e. The van der Waals surface area contributed by atoms with Gasteiger partial charge >= 0.3 is 0 Å². The van der Waals surface area contributed by atoms with Gasteiger partial charge in [0.2, 0.25) is 0 Å². The number of hydrogen-bond donors (Lipinski definition) is 0. The van der Waals surface area contributed by atoms with E-state index in [4.69, 9.17) is 11.3 Å². The number of aromatic nitrogens is 2. The van der Waals surface area contributed by atoms with Crippen molar-refractivity contribution in [2.45, 2.75) is 45.1 Å². The minimum absolute atomic E-state index is 0.0791. The summed E-state index contributed by atoms with van der Waals surface area (Å²) in [7, 11) is 1.66. The summed E-state index contributed by atoms with van der Waals surface area (Å²) in [6.45, 7) is 12.9. The number of rotatable bonds is 7. The molecule has 1 atom stereocenters. The zero-order chi connectivity index (χ0) is 18.4. The zero-order valence-electron chi connectivity index (χ0n) is 15.1. The van der Waals surface area contributed by atoms with Crippen LogP contribution in [0, 0.1) is 6.57 Å². The van der Waals surface area contributed by atoms with E-state index in [1.54, 1.807) is 13.3 Å². The normalized spacial score (nSPS) is 12.4. The van der Waals surface area contributed by atoms with Crippen LogP contribution >= 0.6 is 0 Å². The summed E-state index contributed by atoms with van der Waals surface area (Å²) in [5.74, 6) is 0.461. The Labute approximate surface area is 148 Å². The first-order chi connectivity index (χ1) is 11.9. The van der Waals surface area contributed by atoms with Gasteiger partial charge in [-0.3, -0.25) is 9.78 Å². The van der Waals surface area contributed by atoms with Crippen LogP contribution in [0.5, 0.6) is 0 Å². The molecule has 1 heterocycles. The van der Waals surface area contributed by atoms with Crippen LogP contribution in [0.4, 0.5) is 5.82 Å². The summed E-state index contributed by atoms with van der Waals surface area (Å²) in [6, 6.07) is 7.72. The molecule has 25 heavy (non-hydrogen) atoms. The van der Waals surface area contributed by atoms with Crippen molar-refractivity contribution in [3.8, 4) is 11.3 Å². The van der Waals surface area contributed by atoms with E-state index in [9.17, 15) is 4.79 Å². The molecule has 0 saturated heterocycles. The molecule has 0 aliphatic carbocycles. The molecular weight excluding hydrogens is 314 g/mol. The number of carbonyl (C=O) groups excluding carboxylic acids is 1. The molecule has 2 rings (SSSR count).